The molecule has 0 unspecified atom stereocenters. The number of nitrogens with one attached hydrogen (secondary N) is 1. The van der Waals surface area contributed by atoms with Gasteiger partial charge < -0.3 is 5.32 Å². The van der Waals surface area contributed by atoms with E-state index in [4.69, 9.17) is 0 Å². The average molecular weight is 315 g/mol. The second kappa shape index (κ2) is 4.91. The maximum atomic E-state index is 11.8. The molecule has 0 spiro atoms. The Balaban J connectivity index is 2.67. The van der Waals surface area contributed by atoms with Crippen LogP contribution in [-0.2, 0) is 0 Å². The van der Waals surface area contributed by atoms with Crippen LogP contribution in [0.25, 0.3) is 0 Å². The monoisotopic (exact) mass is 313 g/mol. The van der Waals surface area contributed by atoms with Crippen molar-refractivity contribution in [3.63, 3.8) is 0 Å². The molecule has 0 saturated heterocycles. The molecule has 0 aliphatic heterocycles. The topological polar surface area (TPSA) is 12.0 Å². The van der Waals surface area contributed by atoms with Gasteiger partial charge in [-0.05, 0) is 34.1 Å². The Hall–Kier alpha value is -0.160. The predicted molar refractivity (Wildman–Crippen MR) is 56.3 cm³/mol. The maximum absolute atomic E-state index is 11.8. The fraction of sp³-hybridized carbons (Fsp3) is 0.250. The predicted octanol–water partition coefficient (Wildman–Crippen LogP) is 3.89. The summed E-state index contributed by atoms with van der Waals surface area (Å²) in [5.74, 6) is 0. The zero-order chi connectivity index (χ0) is 9.84. The summed E-state index contributed by atoms with van der Waals surface area (Å²) < 4.78 is 25.4. The van der Waals surface area contributed by atoms with E-state index >= 15 is 0 Å². The molecule has 13 heavy (non-hydrogen) atoms. The van der Waals surface area contributed by atoms with Gasteiger partial charge in [0.1, 0.15) is 0 Å². The first-order valence-corrected chi connectivity index (χ1v) is 5.15. The number of anilines is 1. The van der Waals surface area contributed by atoms with Crippen molar-refractivity contribution in [1.29, 1.82) is 0 Å². The fourth-order valence-corrected chi connectivity index (χ4v) is 2.01. The van der Waals surface area contributed by atoms with Crippen LogP contribution in [0, 0.1) is 0 Å². The van der Waals surface area contributed by atoms with Crippen molar-refractivity contribution < 1.29 is 8.78 Å². The highest BCUT2D eigenvalue weighted by atomic mass is 79.9. The molecule has 0 saturated carbocycles. The molecule has 0 aliphatic rings. The Labute approximate surface area is 91.8 Å². The molecular weight excluding hydrogens is 308 g/mol. The molecular formula is C8H7Br2F2N. The van der Waals surface area contributed by atoms with Crippen LogP contribution in [0.4, 0.5) is 14.5 Å². The molecule has 0 heterocycles. The van der Waals surface area contributed by atoms with Gasteiger partial charge in [-0.3, -0.25) is 0 Å². The number of hydrogen-bond acceptors (Lipinski definition) is 1. The standard InChI is InChI=1S/C8H7Br2F2N/c9-5-1-2-7(6(10)3-5)13-4-8(11)12/h1-3,8,13H,4H2. The Morgan fingerprint density at radius 1 is 1.31 bits per heavy atom. The normalized spacial score (nSPS) is 10.5. The van der Waals surface area contributed by atoms with E-state index in [1.165, 1.54) is 0 Å². The second-order valence-corrected chi connectivity index (χ2v) is 4.17. The van der Waals surface area contributed by atoms with Crippen LogP contribution >= 0.6 is 31.9 Å². The Bertz CT molecular complexity index is 291. The summed E-state index contributed by atoms with van der Waals surface area (Å²) in [6.07, 6.45) is -2.34. The van der Waals surface area contributed by atoms with E-state index in [1.807, 2.05) is 0 Å². The lowest BCUT2D eigenvalue weighted by Crippen LogP contribution is -2.10. The SMILES string of the molecule is FC(F)CNc1ccc(Br)cc1Br. The Kier molecular flexibility index (Phi) is 4.12. The molecule has 0 aromatic heterocycles. The lowest BCUT2D eigenvalue weighted by Gasteiger charge is -2.07. The first-order valence-electron chi connectivity index (χ1n) is 3.56. The van der Waals surface area contributed by atoms with Crippen LogP contribution in [0.1, 0.15) is 0 Å². The van der Waals surface area contributed by atoms with Gasteiger partial charge in [-0.15, -0.1) is 0 Å². The minimum atomic E-state index is -2.34. The molecule has 72 valence electrons. The van der Waals surface area contributed by atoms with E-state index in [1.54, 1.807) is 18.2 Å². The third-order valence-electron chi connectivity index (χ3n) is 1.38. The molecule has 1 nitrogen and oxygen atoms in total. The first-order chi connectivity index (χ1) is 6.09. The Morgan fingerprint density at radius 2 is 2.00 bits per heavy atom. The molecule has 0 amide bonds. The highest BCUT2D eigenvalue weighted by Gasteiger charge is 2.04. The molecule has 1 aromatic rings. The summed E-state index contributed by atoms with van der Waals surface area (Å²) in [6, 6.07) is 5.32. The van der Waals surface area contributed by atoms with Crippen molar-refractivity contribution >= 4 is 37.5 Å². The van der Waals surface area contributed by atoms with Crippen LogP contribution in [0.15, 0.2) is 27.1 Å². The van der Waals surface area contributed by atoms with Crippen molar-refractivity contribution in [3.05, 3.63) is 27.1 Å². The molecule has 1 rings (SSSR count). The highest BCUT2D eigenvalue weighted by Crippen LogP contribution is 2.26. The largest absolute Gasteiger partial charge is 0.378 e. The van der Waals surface area contributed by atoms with Crippen LogP contribution in [0.5, 0.6) is 0 Å². The van der Waals surface area contributed by atoms with Gasteiger partial charge in [0.25, 0.3) is 6.43 Å². The minimum absolute atomic E-state index is 0.333. The molecule has 0 atom stereocenters. The maximum Gasteiger partial charge on any atom is 0.255 e. The molecule has 1 aromatic carbocycles. The number of halogens is 4. The van der Waals surface area contributed by atoms with Gasteiger partial charge in [-0.25, -0.2) is 8.78 Å². The van der Waals surface area contributed by atoms with Gasteiger partial charge >= 0.3 is 0 Å². The molecule has 1 N–H and O–H groups in total. The van der Waals surface area contributed by atoms with Crippen LogP contribution in [0.3, 0.4) is 0 Å². The zero-order valence-electron chi connectivity index (χ0n) is 6.53. The molecule has 5 heteroatoms. The number of hydrogen-bond donors (Lipinski definition) is 1. The van der Waals surface area contributed by atoms with E-state index in [9.17, 15) is 8.78 Å². The van der Waals surface area contributed by atoms with Crippen molar-refractivity contribution in [1.82, 2.24) is 0 Å². The van der Waals surface area contributed by atoms with E-state index in [-0.39, 0.29) is 6.54 Å². The van der Waals surface area contributed by atoms with Gasteiger partial charge in [-0.1, -0.05) is 15.9 Å². The molecule has 0 radical (unpaired) electrons. The van der Waals surface area contributed by atoms with Crippen LogP contribution in [-0.4, -0.2) is 13.0 Å². The van der Waals surface area contributed by atoms with E-state index < -0.39 is 6.43 Å². The minimum Gasteiger partial charge on any atom is -0.378 e. The summed E-state index contributed by atoms with van der Waals surface area (Å²) in [6.45, 7) is -0.333. The first kappa shape index (κ1) is 10.9. The number of benzene rings is 1. The van der Waals surface area contributed by atoms with E-state index in [0.29, 0.717) is 5.69 Å². The molecule has 0 bridgehead atoms. The van der Waals surface area contributed by atoms with Gasteiger partial charge in [0, 0.05) is 14.6 Å². The number of alkyl halides is 2. The van der Waals surface area contributed by atoms with Gasteiger partial charge in [0.05, 0.1) is 6.54 Å². The highest BCUT2D eigenvalue weighted by molar-refractivity contribution is 9.11. The second-order valence-electron chi connectivity index (χ2n) is 2.40. The number of rotatable bonds is 3. The van der Waals surface area contributed by atoms with Crippen molar-refractivity contribution in [2.75, 3.05) is 11.9 Å². The summed E-state index contributed by atoms with van der Waals surface area (Å²) in [7, 11) is 0. The third kappa shape index (κ3) is 3.60. The summed E-state index contributed by atoms with van der Waals surface area (Å²) >= 11 is 6.53. The summed E-state index contributed by atoms with van der Waals surface area (Å²) in [4.78, 5) is 0. The smallest absolute Gasteiger partial charge is 0.255 e. The van der Waals surface area contributed by atoms with Gasteiger partial charge in [-0.2, -0.15) is 0 Å². The fourth-order valence-electron chi connectivity index (χ4n) is 0.820. The van der Waals surface area contributed by atoms with E-state index in [0.717, 1.165) is 8.95 Å². The third-order valence-corrected chi connectivity index (χ3v) is 2.53. The summed E-state index contributed by atoms with van der Waals surface area (Å²) in [5.41, 5.74) is 0.670. The quantitative estimate of drug-likeness (QED) is 0.892. The van der Waals surface area contributed by atoms with Gasteiger partial charge in [0.15, 0.2) is 0 Å². The Morgan fingerprint density at radius 3 is 2.54 bits per heavy atom. The molecule has 0 fully saturated rings. The van der Waals surface area contributed by atoms with Crippen molar-refractivity contribution in [2.45, 2.75) is 6.43 Å². The van der Waals surface area contributed by atoms with Crippen LogP contribution < -0.4 is 5.32 Å². The van der Waals surface area contributed by atoms with Crippen molar-refractivity contribution in [3.8, 4) is 0 Å². The van der Waals surface area contributed by atoms with E-state index in [2.05, 4.69) is 37.2 Å². The molecule has 0 aliphatic carbocycles. The van der Waals surface area contributed by atoms with Crippen molar-refractivity contribution in [2.24, 2.45) is 0 Å². The van der Waals surface area contributed by atoms with Crippen LogP contribution in [0.2, 0.25) is 0 Å². The summed E-state index contributed by atoms with van der Waals surface area (Å²) in [5, 5.41) is 2.62. The van der Waals surface area contributed by atoms with Gasteiger partial charge in [0.2, 0.25) is 0 Å². The zero-order valence-corrected chi connectivity index (χ0v) is 9.70. The lowest BCUT2D eigenvalue weighted by molar-refractivity contribution is 0.163. The lowest BCUT2D eigenvalue weighted by atomic mass is 10.3. The average Bonchev–Trinajstić information content (AvgIpc) is 2.02.